The van der Waals surface area contributed by atoms with Crippen LogP contribution in [0.1, 0.15) is 5.56 Å². The van der Waals surface area contributed by atoms with Crippen LogP contribution >= 0.6 is 11.8 Å². The number of nitrogens with two attached hydrogens (primary N) is 1. The summed E-state index contributed by atoms with van der Waals surface area (Å²) < 4.78 is 0. The number of fused-ring (bicyclic) bond motifs is 1. The second-order valence-electron chi connectivity index (χ2n) is 4.63. The lowest BCUT2D eigenvalue weighted by molar-refractivity contribution is 1.16. The monoisotopic (exact) mass is 284 g/mol. The van der Waals surface area contributed by atoms with E-state index in [2.05, 4.69) is 45.5 Å². The lowest BCUT2D eigenvalue weighted by Crippen LogP contribution is -1.93. The highest BCUT2D eigenvalue weighted by Crippen LogP contribution is 2.31. The van der Waals surface area contributed by atoms with E-state index >= 15 is 0 Å². The quantitative estimate of drug-likeness (QED) is 0.772. The number of thioether (sulfide) groups is 1. The summed E-state index contributed by atoms with van der Waals surface area (Å²) in [6, 6.07) is 8.56. The smallest absolute Gasteiger partial charge is 0.143 e. The van der Waals surface area contributed by atoms with Crippen molar-refractivity contribution in [1.82, 2.24) is 15.0 Å². The van der Waals surface area contributed by atoms with Crippen molar-refractivity contribution in [2.75, 3.05) is 17.7 Å². The minimum atomic E-state index is 0.515. The molecule has 0 fully saturated rings. The Hall–Kier alpha value is -2.01. The highest BCUT2D eigenvalue weighted by molar-refractivity contribution is 7.98. The molecule has 0 unspecified atom stereocenters. The van der Waals surface area contributed by atoms with Gasteiger partial charge in [0.2, 0.25) is 0 Å². The molecular formula is C15H16N4S. The van der Waals surface area contributed by atoms with Gasteiger partial charge in [-0.15, -0.1) is 0 Å². The fraction of sp³-hybridized carbons (Fsp3) is 0.200. The Kier molecular flexibility index (Phi) is 3.60. The summed E-state index contributed by atoms with van der Waals surface area (Å²) in [5, 5.41) is 0.898. The van der Waals surface area contributed by atoms with Gasteiger partial charge in [0.25, 0.3) is 0 Å². The van der Waals surface area contributed by atoms with Gasteiger partial charge in [-0.25, -0.2) is 9.97 Å². The molecule has 0 amide bonds. The molecule has 5 heteroatoms. The minimum absolute atomic E-state index is 0.515. The second kappa shape index (κ2) is 5.54. The number of nitrogen functional groups attached to an aromatic ring is 1. The fourth-order valence-corrected chi connectivity index (χ4v) is 2.77. The van der Waals surface area contributed by atoms with Gasteiger partial charge in [0.1, 0.15) is 17.8 Å². The van der Waals surface area contributed by atoms with Crippen molar-refractivity contribution in [2.45, 2.75) is 6.42 Å². The van der Waals surface area contributed by atoms with Crippen molar-refractivity contribution >= 4 is 28.6 Å². The van der Waals surface area contributed by atoms with E-state index in [0.29, 0.717) is 5.82 Å². The van der Waals surface area contributed by atoms with Crippen LogP contribution in [0.2, 0.25) is 0 Å². The van der Waals surface area contributed by atoms with Crippen LogP contribution in [0.3, 0.4) is 0 Å². The summed E-state index contributed by atoms with van der Waals surface area (Å²) in [6.07, 6.45) is 6.63. The number of anilines is 1. The van der Waals surface area contributed by atoms with Crippen LogP contribution in [0.5, 0.6) is 0 Å². The summed E-state index contributed by atoms with van der Waals surface area (Å²) in [6.45, 7) is 0. The maximum absolute atomic E-state index is 5.98. The molecule has 3 aromatic rings. The van der Waals surface area contributed by atoms with E-state index in [-0.39, 0.29) is 0 Å². The molecule has 0 saturated carbocycles. The van der Waals surface area contributed by atoms with Gasteiger partial charge in [-0.2, -0.15) is 11.8 Å². The molecule has 0 radical (unpaired) electrons. The zero-order valence-corrected chi connectivity index (χ0v) is 12.1. The zero-order chi connectivity index (χ0) is 13.9. The van der Waals surface area contributed by atoms with Crippen molar-refractivity contribution in [2.24, 2.45) is 0 Å². The number of aromatic amines is 1. The molecule has 3 rings (SSSR count). The van der Waals surface area contributed by atoms with Gasteiger partial charge in [-0.05, 0) is 29.6 Å². The Morgan fingerprint density at radius 3 is 3.05 bits per heavy atom. The molecule has 0 aliphatic carbocycles. The van der Waals surface area contributed by atoms with E-state index in [4.69, 9.17) is 5.73 Å². The molecule has 4 nitrogen and oxygen atoms in total. The molecular weight excluding hydrogens is 268 g/mol. The Balaban J connectivity index is 2.07. The topological polar surface area (TPSA) is 67.6 Å². The number of nitrogens with one attached hydrogen (secondary N) is 1. The fourth-order valence-electron chi connectivity index (χ4n) is 2.33. The Labute approximate surface area is 121 Å². The first kappa shape index (κ1) is 13.0. The number of H-pyrrole nitrogens is 1. The number of nitrogens with zero attached hydrogens (tertiary/aromatic N) is 2. The number of aromatic nitrogens is 3. The van der Waals surface area contributed by atoms with Gasteiger partial charge in [-0.3, -0.25) is 0 Å². The predicted octanol–water partition coefficient (Wildman–Crippen LogP) is 3.11. The van der Waals surface area contributed by atoms with Gasteiger partial charge in [0.15, 0.2) is 0 Å². The van der Waals surface area contributed by atoms with Crippen LogP contribution < -0.4 is 5.73 Å². The van der Waals surface area contributed by atoms with Crippen LogP contribution in [0.15, 0.2) is 36.8 Å². The molecule has 3 N–H and O–H groups in total. The molecule has 102 valence electrons. The van der Waals surface area contributed by atoms with Crippen LogP contribution in [0.25, 0.3) is 22.2 Å². The van der Waals surface area contributed by atoms with E-state index in [1.807, 2.05) is 18.0 Å². The van der Waals surface area contributed by atoms with Crippen molar-refractivity contribution in [3.05, 3.63) is 42.4 Å². The van der Waals surface area contributed by atoms with Gasteiger partial charge < -0.3 is 10.7 Å². The Morgan fingerprint density at radius 1 is 1.30 bits per heavy atom. The first-order valence-corrected chi connectivity index (χ1v) is 7.85. The average molecular weight is 284 g/mol. The van der Waals surface area contributed by atoms with Gasteiger partial charge in [0.05, 0.1) is 5.39 Å². The van der Waals surface area contributed by atoms with Crippen molar-refractivity contribution in [3.63, 3.8) is 0 Å². The average Bonchev–Trinajstić information content (AvgIpc) is 2.91. The second-order valence-corrected chi connectivity index (χ2v) is 5.61. The first-order valence-electron chi connectivity index (χ1n) is 6.45. The van der Waals surface area contributed by atoms with E-state index in [9.17, 15) is 0 Å². The Morgan fingerprint density at radius 2 is 2.20 bits per heavy atom. The number of hydrogen-bond acceptors (Lipinski definition) is 4. The van der Waals surface area contributed by atoms with Crippen molar-refractivity contribution < 1.29 is 0 Å². The SMILES string of the molecule is CSCCc1cccc(-c2c[nH]c3ncnc(N)c23)c1. The number of hydrogen-bond donors (Lipinski definition) is 2. The maximum Gasteiger partial charge on any atom is 0.143 e. The summed E-state index contributed by atoms with van der Waals surface area (Å²) in [5.41, 5.74) is 10.3. The lowest BCUT2D eigenvalue weighted by Gasteiger charge is -2.05. The maximum atomic E-state index is 5.98. The predicted molar refractivity (Wildman–Crippen MR) is 85.8 cm³/mol. The van der Waals surface area contributed by atoms with Crippen molar-refractivity contribution in [3.8, 4) is 11.1 Å². The van der Waals surface area contributed by atoms with Crippen LogP contribution in [0.4, 0.5) is 5.82 Å². The lowest BCUT2D eigenvalue weighted by atomic mass is 10.0. The summed E-state index contributed by atoms with van der Waals surface area (Å²) in [5.74, 6) is 1.64. The summed E-state index contributed by atoms with van der Waals surface area (Å²) >= 11 is 1.86. The molecule has 2 aromatic heterocycles. The van der Waals surface area contributed by atoms with Crippen molar-refractivity contribution in [1.29, 1.82) is 0 Å². The first-order chi connectivity index (χ1) is 9.79. The Bertz CT molecular complexity index is 736. The molecule has 0 aliphatic rings. The van der Waals surface area contributed by atoms with Gasteiger partial charge in [0, 0.05) is 11.8 Å². The molecule has 0 saturated heterocycles. The van der Waals surface area contributed by atoms with E-state index in [1.165, 1.54) is 11.9 Å². The highest BCUT2D eigenvalue weighted by atomic mass is 32.2. The van der Waals surface area contributed by atoms with Gasteiger partial charge in [-0.1, -0.05) is 24.3 Å². The minimum Gasteiger partial charge on any atom is -0.383 e. The zero-order valence-electron chi connectivity index (χ0n) is 11.3. The van der Waals surface area contributed by atoms with Gasteiger partial charge >= 0.3 is 0 Å². The molecule has 2 heterocycles. The molecule has 0 bridgehead atoms. The third-order valence-electron chi connectivity index (χ3n) is 3.33. The molecule has 20 heavy (non-hydrogen) atoms. The standard InChI is InChI=1S/C15H16N4S/c1-20-6-5-10-3-2-4-11(7-10)12-8-17-15-13(12)14(16)18-9-19-15/h2-4,7-9H,5-6H2,1H3,(H3,16,17,18,19). The molecule has 0 aliphatic heterocycles. The molecule has 0 spiro atoms. The van der Waals surface area contributed by atoms with E-state index < -0.39 is 0 Å². The van der Waals surface area contributed by atoms with Crippen LogP contribution in [-0.2, 0) is 6.42 Å². The summed E-state index contributed by atoms with van der Waals surface area (Å²) in [7, 11) is 0. The normalized spacial score (nSPS) is 11.1. The third kappa shape index (κ3) is 2.36. The number of benzene rings is 1. The van der Waals surface area contributed by atoms with E-state index in [0.717, 1.165) is 34.3 Å². The van der Waals surface area contributed by atoms with E-state index in [1.54, 1.807) is 0 Å². The van der Waals surface area contributed by atoms with Crippen LogP contribution in [-0.4, -0.2) is 27.0 Å². The van der Waals surface area contributed by atoms with Crippen LogP contribution in [0, 0.1) is 0 Å². The number of aryl methyl sites for hydroxylation is 1. The highest BCUT2D eigenvalue weighted by Gasteiger charge is 2.10. The molecule has 0 atom stereocenters. The molecule has 1 aromatic carbocycles. The summed E-state index contributed by atoms with van der Waals surface area (Å²) in [4.78, 5) is 11.4. The number of rotatable bonds is 4. The third-order valence-corrected chi connectivity index (χ3v) is 3.94. The largest absolute Gasteiger partial charge is 0.383 e.